The molecular formula is C18H19N3O5S. The SMILES string of the molecule is COC(=O)c1cc(C(=O)Nc2nc3c(s2)CCCCCC3)cc([N+](=O)[O-])c1. The van der Waals surface area contributed by atoms with E-state index in [0.717, 1.165) is 43.5 Å². The third-order valence-corrected chi connectivity index (χ3v) is 5.45. The molecule has 0 aliphatic heterocycles. The number of hydrogen-bond acceptors (Lipinski definition) is 7. The minimum absolute atomic E-state index is 0.00668. The van der Waals surface area contributed by atoms with Gasteiger partial charge in [-0.15, -0.1) is 11.3 Å². The van der Waals surface area contributed by atoms with Crippen LogP contribution in [-0.4, -0.2) is 28.9 Å². The number of carbonyl (C=O) groups is 2. The average molecular weight is 389 g/mol. The smallest absolute Gasteiger partial charge is 0.338 e. The van der Waals surface area contributed by atoms with Gasteiger partial charge in [0.15, 0.2) is 5.13 Å². The van der Waals surface area contributed by atoms with Crippen molar-refractivity contribution in [3.05, 3.63) is 50.0 Å². The van der Waals surface area contributed by atoms with E-state index in [1.165, 1.54) is 42.2 Å². The molecule has 0 radical (unpaired) electrons. The van der Waals surface area contributed by atoms with Crippen molar-refractivity contribution >= 4 is 34.0 Å². The molecule has 0 fully saturated rings. The van der Waals surface area contributed by atoms with Gasteiger partial charge in [-0.1, -0.05) is 12.8 Å². The van der Waals surface area contributed by atoms with Gasteiger partial charge < -0.3 is 4.74 Å². The maximum atomic E-state index is 12.6. The van der Waals surface area contributed by atoms with Crippen LogP contribution in [0.25, 0.3) is 0 Å². The van der Waals surface area contributed by atoms with Crippen molar-refractivity contribution < 1.29 is 19.2 Å². The predicted molar refractivity (Wildman–Crippen MR) is 100 cm³/mol. The van der Waals surface area contributed by atoms with E-state index in [-0.39, 0.29) is 16.8 Å². The maximum Gasteiger partial charge on any atom is 0.338 e. The standard InChI is InChI=1S/C18H19N3O5S/c1-26-17(23)12-8-11(9-13(10-12)21(24)25)16(22)20-18-19-14-6-4-2-3-5-7-15(14)27-18/h8-10H,2-7H2,1H3,(H,19,20,22). The van der Waals surface area contributed by atoms with E-state index >= 15 is 0 Å². The molecule has 1 aliphatic carbocycles. The fraction of sp³-hybridized carbons (Fsp3) is 0.389. The van der Waals surface area contributed by atoms with Crippen molar-refractivity contribution in [3.63, 3.8) is 0 Å². The fourth-order valence-electron chi connectivity index (χ4n) is 3.01. The van der Waals surface area contributed by atoms with Gasteiger partial charge in [0.25, 0.3) is 11.6 Å². The number of methoxy groups -OCH3 is 1. The molecule has 3 rings (SSSR count). The van der Waals surface area contributed by atoms with Gasteiger partial charge in [0.2, 0.25) is 0 Å². The van der Waals surface area contributed by atoms with Crippen molar-refractivity contribution in [3.8, 4) is 0 Å². The number of fused-ring (bicyclic) bond motifs is 1. The molecule has 142 valence electrons. The summed E-state index contributed by atoms with van der Waals surface area (Å²) >= 11 is 1.44. The van der Waals surface area contributed by atoms with Crippen LogP contribution in [-0.2, 0) is 17.6 Å². The number of nitrogens with zero attached hydrogens (tertiary/aromatic N) is 2. The van der Waals surface area contributed by atoms with Crippen LogP contribution in [0, 0.1) is 10.1 Å². The van der Waals surface area contributed by atoms with E-state index in [0.29, 0.717) is 5.13 Å². The van der Waals surface area contributed by atoms with E-state index < -0.39 is 16.8 Å². The molecule has 1 heterocycles. The molecule has 9 heteroatoms. The minimum Gasteiger partial charge on any atom is -0.465 e. The summed E-state index contributed by atoms with van der Waals surface area (Å²) in [5, 5.41) is 14.3. The Hall–Kier alpha value is -2.81. The third kappa shape index (κ3) is 4.48. The lowest BCUT2D eigenvalue weighted by Crippen LogP contribution is -2.14. The Morgan fingerprint density at radius 2 is 1.85 bits per heavy atom. The van der Waals surface area contributed by atoms with Crippen molar-refractivity contribution in [1.82, 2.24) is 4.98 Å². The fourth-order valence-corrected chi connectivity index (χ4v) is 4.06. The van der Waals surface area contributed by atoms with Gasteiger partial charge in [-0.05, 0) is 31.7 Å². The summed E-state index contributed by atoms with van der Waals surface area (Å²) in [6.45, 7) is 0. The molecule has 1 amide bonds. The molecule has 1 N–H and O–H groups in total. The van der Waals surface area contributed by atoms with Crippen LogP contribution in [0.5, 0.6) is 0 Å². The molecule has 1 aromatic carbocycles. The van der Waals surface area contributed by atoms with Gasteiger partial charge in [0.1, 0.15) is 0 Å². The normalized spacial score (nSPS) is 13.8. The molecular weight excluding hydrogens is 370 g/mol. The lowest BCUT2D eigenvalue weighted by molar-refractivity contribution is -0.384. The molecule has 27 heavy (non-hydrogen) atoms. The molecule has 0 atom stereocenters. The Labute approximate surface area is 159 Å². The molecule has 2 aromatic rings. The zero-order valence-corrected chi connectivity index (χ0v) is 15.6. The second-order valence-electron chi connectivity index (χ2n) is 6.27. The van der Waals surface area contributed by atoms with E-state index in [2.05, 4.69) is 15.0 Å². The van der Waals surface area contributed by atoms with Crippen LogP contribution in [0.15, 0.2) is 18.2 Å². The lowest BCUT2D eigenvalue weighted by atomic mass is 10.0. The number of ether oxygens (including phenoxy) is 1. The molecule has 0 saturated carbocycles. The predicted octanol–water partition coefficient (Wildman–Crippen LogP) is 3.75. The zero-order chi connectivity index (χ0) is 19.4. The summed E-state index contributed by atoms with van der Waals surface area (Å²) in [6, 6.07) is 3.49. The van der Waals surface area contributed by atoms with Crippen LogP contribution in [0.1, 0.15) is 57.0 Å². The van der Waals surface area contributed by atoms with Crippen molar-refractivity contribution in [2.45, 2.75) is 38.5 Å². The lowest BCUT2D eigenvalue weighted by Gasteiger charge is -2.06. The first kappa shape index (κ1) is 19.0. The summed E-state index contributed by atoms with van der Waals surface area (Å²) in [4.78, 5) is 40.5. The number of amides is 1. The molecule has 0 unspecified atom stereocenters. The summed E-state index contributed by atoms with van der Waals surface area (Å²) < 4.78 is 4.60. The molecule has 1 aliphatic rings. The third-order valence-electron chi connectivity index (χ3n) is 4.38. The maximum absolute atomic E-state index is 12.6. The molecule has 0 spiro atoms. The Morgan fingerprint density at radius 3 is 2.56 bits per heavy atom. The zero-order valence-electron chi connectivity index (χ0n) is 14.8. The number of carbonyl (C=O) groups excluding carboxylic acids is 2. The number of hydrogen-bond donors (Lipinski definition) is 1. The van der Waals surface area contributed by atoms with Crippen LogP contribution in [0.3, 0.4) is 0 Å². The van der Waals surface area contributed by atoms with E-state index in [1.807, 2.05) is 0 Å². The van der Waals surface area contributed by atoms with Gasteiger partial charge in [-0.3, -0.25) is 20.2 Å². The highest BCUT2D eigenvalue weighted by Gasteiger charge is 2.20. The number of esters is 1. The van der Waals surface area contributed by atoms with Crippen LogP contribution in [0.2, 0.25) is 0 Å². The first-order chi connectivity index (χ1) is 13.0. The van der Waals surface area contributed by atoms with Crippen molar-refractivity contribution in [2.75, 3.05) is 12.4 Å². The van der Waals surface area contributed by atoms with Crippen molar-refractivity contribution in [1.29, 1.82) is 0 Å². The average Bonchev–Trinajstić information content (AvgIpc) is 3.01. The molecule has 0 saturated heterocycles. The van der Waals surface area contributed by atoms with Gasteiger partial charge in [0.05, 0.1) is 23.3 Å². The molecule has 1 aromatic heterocycles. The molecule has 8 nitrogen and oxygen atoms in total. The minimum atomic E-state index is -0.745. The summed E-state index contributed by atoms with van der Waals surface area (Å²) in [6.07, 6.45) is 6.41. The first-order valence-electron chi connectivity index (χ1n) is 8.65. The monoisotopic (exact) mass is 389 g/mol. The first-order valence-corrected chi connectivity index (χ1v) is 9.47. The summed E-state index contributed by atoms with van der Waals surface area (Å²) in [5.74, 6) is -1.30. The number of nitro benzene ring substituents is 1. The van der Waals surface area contributed by atoms with Gasteiger partial charge in [-0.25, -0.2) is 9.78 Å². The number of benzene rings is 1. The number of aromatic nitrogens is 1. The quantitative estimate of drug-likeness (QED) is 0.484. The molecule has 0 bridgehead atoms. The number of nitro groups is 1. The van der Waals surface area contributed by atoms with Crippen molar-refractivity contribution in [2.24, 2.45) is 0 Å². The topological polar surface area (TPSA) is 111 Å². The Balaban J connectivity index is 1.85. The summed E-state index contributed by atoms with van der Waals surface area (Å²) in [5.41, 5.74) is 0.620. The highest BCUT2D eigenvalue weighted by atomic mass is 32.1. The number of thiazole rings is 1. The van der Waals surface area contributed by atoms with Gasteiger partial charge in [-0.2, -0.15) is 0 Å². The van der Waals surface area contributed by atoms with E-state index in [9.17, 15) is 19.7 Å². The Kier molecular flexibility index (Phi) is 5.80. The van der Waals surface area contributed by atoms with E-state index in [1.54, 1.807) is 0 Å². The van der Waals surface area contributed by atoms with Crippen LogP contribution < -0.4 is 5.32 Å². The highest BCUT2D eigenvalue weighted by Crippen LogP contribution is 2.29. The summed E-state index contributed by atoms with van der Waals surface area (Å²) in [7, 11) is 1.17. The van der Waals surface area contributed by atoms with Gasteiger partial charge >= 0.3 is 5.97 Å². The largest absolute Gasteiger partial charge is 0.465 e. The van der Waals surface area contributed by atoms with Gasteiger partial charge in [0, 0.05) is 22.6 Å². The Bertz CT molecular complexity index is 868. The van der Waals surface area contributed by atoms with E-state index in [4.69, 9.17) is 0 Å². The number of non-ortho nitro benzene ring substituents is 1. The van der Waals surface area contributed by atoms with Crippen LogP contribution in [0.4, 0.5) is 10.8 Å². The second kappa shape index (κ2) is 8.26. The number of aryl methyl sites for hydroxylation is 2. The highest BCUT2D eigenvalue weighted by molar-refractivity contribution is 7.15. The second-order valence-corrected chi connectivity index (χ2v) is 7.36. The number of nitrogens with one attached hydrogen (secondary N) is 1. The van der Waals surface area contributed by atoms with Crippen LogP contribution >= 0.6 is 11.3 Å². The Morgan fingerprint density at radius 1 is 1.15 bits per heavy atom. The number of rotatable bonds is 4. The number of anilines is 1.